The van der Waals surface area contributed by atoms with Gasteiger partial charge in [-0.25, -0.2) is 0 Å². The van der Waals surface area contributed by atoms with Crippen molar-refractivity contribution in [3.63, 3.8) is 0 Å². The molecule has 5 heteroatoms. The Kier molecular flexibility index (Phi) is 4.68. The van der Waals surface area contributed by atoms with Crippen LogP contribution in [0.3, 0.4) is 0 Å². The van der Waals surface area contributed by atoms with Gasteiger partial charge in [-0.3, -0.25) is 9.69 Å². The molecule has 1 fully saturated rings. The van der Waals surface area contributed by atoms with Crippen molar-refractivity contribution in [1.29, 1.82) is 0 Å². The van der Waals surface area contributed by atoms with Gasteiger partial charge in [0.15, 0.2) is 0 Å². The Hall–Kier alpha value is -3.31. The lowest BCUT2D eigenvalue weighted by atomic mass is 9.95. The number of para-hydroxylation sites is 1. The first-order valence-corrected chi connectivity index (χ1v) is 10.3. The maximum Gasteiger partial charge on any atom is 0.325 e. The number of aromatic amines is 1. The number of carboxylic acids is 1. The second kappa shape index (κ2) is 7.50. The van der Waals surface area contributed by atoms with Crippen molar-refractivity contribution >= 4 is 27.6 Å². The van der Waals surface area contributed by atoms with Crippen LogP contribution in [0.5, 0.6) is 5.75 Å². The molecule has 1 aromatic heterocycles. The van der Waals surface area contributed by atoms with Crippen molar-refractivity contribution in [2.45, 2.75) is 24.9 Å². The number of hydrogen-bond donors (Lipinski definition) is 2. The maximum absolute atomic E-state index is 12.5. The highest BCUT2D eigenvalue weighted by Gasteiger charge is 2.38. The number of carbonyl (C=O) groups is 1. The zero-order valence-corrected chi connectivity index (χ0v) is 16.8. The van der Waals surface area contributed by atoms with Crippen LogP contribution in [-0.2, 0) is 4.79 Å². The number of aliphatic carboxylic acids is 1. The molecule has 3 aromatic carbocycles. The molecule has 1 aliphatic rings. The lowest BCUT2D eigenvalue weighted by Gasteiger charge is -2.31. The van der Waals surface area contributed by atoms with Gasteiger partial charge in [-0.2, -0.15) is 0 Å². The van der Waals surface area contributed by atoms with Crippen molar-refractivity contribution < 1.29 is 14.6 Å². The number of benzene rings is 3. The molecule has 152 valence electrons. The average Bonchev–Trinajstić information content (AvgIpc) is 3.41. The summed E-state index contributed by atoms with van der Waals surface area (Å²) < 4.78 is 5.55. The largest absolute Gasteiger partial charge is 0.496 e. The van der Waals surface area contributed by atoms with Crippen LogP contribution in [0.25, 0.3) is 21.7 Å². The van der Waals surface area contributed by atoms with Crippen LogP contribution < -0.4 is 4.74 Å². The third-order valence-corrected chi connectivity index (χ3v) is 6.27. The molecule has 0 bridgehead atoms. The van der Waals surface area contributed by atoms with Crippen molar-refractivity contribution in [3.05, 3.63) is 78.0 Å². The van der Waals surface area contributed by atoms with E-state index in [1.165, 1.54) is 0 Å². The number of aromatic nitrogens is 1. The first-order chi connectivity index (χ1) is 14.7. The van der Waals surface area contributed by atoms with E-state index in [4.69, 9.17) is 4.74 Å². The molecule has 1 saturated heterocycles. The van der Waals surface area contributed by atoms with Crippen LogP contribution in [0.2, 0.25) is 0 Å². The third-order valence-electron chi connectivity index (χ3n) is 6.27. The normalized spacial score (nSPS) is 18.1. The smallest absolute Gasteiger partial charge is 0.325 e. The molecule has 0 amide bonds. The Bertz CT molecular complexity index is 1230. The van der Waals surface area contributed by atoms with Crippen molar-refractivity contribution in [2.24, 2.45) is 0 Å². The van der Waals surface area contributed by atoms with E-state index in [0.29, 0.717) is 0 Å². The zero-order valence-electron chi connectivity index (χ0n) is 16.8. The van der Waals surface area contributed by atoms with E-state index >= 15 is 0 Å². The van der Waals surface area contributed by atoms with E-state index in [2.05, 4.69) is 28.1 Å². The molecular weight excluding hydrogens is 376 g/mol. The highest BCUT2D eigenvalue weighted by molar-refractivity contribution is 5.92. The Labute approximate surface area is 174 Å². The Morgan fingerprint density at radius 3 is 2.57 bits per heavy atom. The molecular formula is C25H24N2O3. The van der Waals surface area contributed by atoms with Gasteiger partial charge < -0.3 is 14.8 Å². The van der Waals surface area contributed by atoms with Crippen LogP contribution >= 0.6 is 0 Å². The van der Waals surface area contributed by atoms with E-state index in [1.807, 2.05) is 48.7 Å². The summed E-state index contributed by atoms with van der Waals surface area (Å²) >= 11 is 0. The molecule has 5 nitrogen and oxygen atoms in total. The van der Waals surface area contributed by atoms with Gasteiger partial charge in [-0.1, -0.05) is 48.5 Å². The molecule has 0 aliphatic carbocycles. The first-order valence-electron chi connectivity index (χ1n) is 10.3. The van der Waals surface area contributed by atoms with E-state index in [9.17, 15) is 9.90 Å². The SMILES string of the molecule is COc1ccc(C2CCCN2C(C(=O)O)c2c[nH]c3ccccc23)c2ccccc12. The van der Waals surface area contributed by atoms with Crippen molar-refractivity contribution in [1.82, 2.24) is 9.88 Å². The minimum Gasteiger partial charge on any atom is -0.496 e. The molecule has 0 spiro atoms. The van der Waals surface area contributed by atoms with Crippen LogP contribution in [-0.4, -0.2) is 34.6 Å². The predicted octanol–water partition coefficient (Wildman–Crippen LogP) is 5.29. The molecule has 2 N–H and O–H groups in total. The topological polar surface area (TPSA) is 65.6 Å². The second-order valence-corrected chi connectivity index (χ2v) is 7.83. The summed E-state index contributed by atoms with van der Waals surface area (Å²) in [5.41, 5.74) is 2.95. The number of methoxy groups -OCH3 is 1. The minimum absolute atomic E-state index is 0.0376. The number of ether oxygens (including phenoxy) is 1. The van der Waals surface area contributed by atoms with Crippen LogP contribution in [0.15, 0.2) is 66.9 Å². The van der Waals surface area contributed by atoms with Crippen LogP contribution in [0.1, 0.15) is 36.1 Å². The van der Waals surface area contributed by atoms with E-state index < -0.39 is 12.0 Å². The summed E-state index contributed by atoms with van der Waals surface area (Å²) in [5, 5.41) is 13.4. The lowest BCUT2D eigenvalue weighted by Crippen LogP contribution is -2.33. The molecule has 0 radical (unpaired) electrons. The van der Waals surface area contributed by atoms with Gasteiger partial charge in [0.1, 0.15) is 11.8 Å². The molecule has 0 saturated carbocycles. The molecule has 2 atom stereocenters. The average molecular weight is 400 g/mol. The number of nitrogens with one attached hydrogen (secondary N) is 1. The minimum atomic E-state index is -0.815. The number of rotatable bonds is 5. The fraction of sp³-hybridized carbons (Fsp3) is 0.240. The summed E-state index contributed by atoms with van der Waals surface area (Å²) in [6, 6.07) is 19.5. The first kappa shape index (κ1) is 18.7. The highest BCUT2D eigenvalue weighted by atomic mass is 16.5. The molecule has 2 heterocycles. The van der Waals surface area contributed by atoms with E-state index in [-0.39, 0.29) is 6.04 Å². The van der Waals surface area contributed by atoms with Crippen LogP contribution in [0, 0.1) is 0 Å². The third kappa shape index (κ3) is 2.94. The summed E-state index contributed by atoms with van der Waals surface area (Å²) in [5.74, 6) is 0.0229. The molecule has 2 unspecified atom stereocenters. The van der Waals surface area contributed by atoms with Gasteiger partial charge in [0.05, 0.1) is 7.11 Å². The standard InChI is InChI=1S/C25H24N2O3/c1-30-23-13-12-18(16-7-2-3-9-19(16)23)22-11-6-14-27(22)24(25(28)29)20-15-26-21-10-5-4-8-17(20)21/h2-5,7-10,12-13,15,22,24,26H,6,11,14H2,1H3,(H,28,29). The van der Waals surface area contributed by atoms with Crippen molar-refractivity contribution in [2.75, 3.05) is 13.7 Å². The fourth-order valence-corrected chi connectivity index (χ4v) is 4.97. The van der Waals surface area contributed by atoms with Gasteiger partial charge in [0.25, 0.3) is 0 Å². The number of likely N-dealkylation sites (tertiary alicyclic amines) is 1. The predicted molar refractivity (Wildman–Crippen MR) is 118 cm³/mol. The fourth-order valence-electron chi connectivity index (χ4n) is 4.97. The Balaban J connectivity index is 1.62. The van der Waals surface area contributed by atoms with Gasteiger partial charge in [-0.15, -0.1) is 0 Å². The quantitative estimate of drug-likeness (QED) is 0.478. The molecule has 30 heavy (non-hydrogen) atoms. The van der Waals surface area contributed by atoms with E-state index in [1.54, 1.807) is 7.11 Å². The molecule has 1 aliphatic heterocycles. The molecule has 4 aromatic rings. The summed E-state index contributed by atoms with van der Waals surface area (Å²) in [6.07, 6.45) is 3.75. The number of fused-ring (bicyclic) bond motifs is 2. The Morgan fingerprint density at radius 1 is 1.07 bits per heavy atom. The van der Waals surface area contributed by atoms with Gasteiger partial charge in [0.2, 0.25) is 0 Å². The zero-order chi connectivity index (χ0) is 20.7. The van der Waals surface area contributed by atoms with E-state index in [0.717, 1.165) is 57.9 Å². The summed E-state index contributed by atoms with van der Waals surface area (Å²) in [6.45, 7) is 0.751. The second-order valence-electron chi connectivity index (χ2n) is 7.83. The Morgan fingerprint density at radius 2 is 1.80 bits per heavy atom. The number of hydrogen-bond acceptors (Lipinski definition) is 3. The summed E-state index contributed by atoms with van der Waals surface area (Å²) in [4.78, 5) is 17.9. The van der Waals surface area contributed by atoms with Gasteiger partial charge in [-0.05, 0) is 42.5 Å². The number of carboxylic acid groups (broad SMARTS) is 1. The van der Waals surface area contributed by atoms with Gasteiger partial charge >= 0.3 is 5.97 Å². The monoisotopic (exact) mass is 400 g/mol. The maximum atomic E-state index is 12.5. The van der Waals surface area contributed by atoms with Crippen LogP contribution in [0.4, 0.5) is 0 Å². The number of H-pyrrole nitrogens is 1. The van der Waals surface area contributed by atoms with Crippen molar-refractivity contribution in [3.8, 4) is 5.75 Å². The number of nitrogens with zero attached hydrogens (tertiary/aromatic N) is 1. The summed E-state index contributed by atoms with van der Waals surface area (Å²) in [7, 11) is 1.68. The lowest BCUT2D eigenvalue weighted by molar-refractivity contribution is -0.144. The van der Waals surface area contributed by atoms with Gasteiger partial charge in [0, 0.05) is 34.1 Å². The molecule has 5 rings (SSSR count). The highest BCUT2D eigenvalue weighted by Crippen LogP contribution is 2.43.